The second-order valence-electron chi connectivity index (χ2n) is 8.12. The molecule has 0 aromatic carbocycles. The smallest absolute Gasteiger partial charge is 0.157 e. The van der Waals surface area contributed by atoms with E-state index in [-0.39, 0.29) is 23.1 Å². The fourth-order valence-electron chi connectivity index (χ4n) is 3.38. The number of Topliss-reactive ketones (excluding diaryl/α,β-unsaturated/α-hetero) is 1. The first-order valence-electron chi connectivity index (χ1n) is 7.55. The molecule has 3 nitrogen and oxygen atoms in total. The van der Waals surface area contributed by atoms with E-state index in [1.807, 2.05) is 20.8 Å². The Morgan fingerprint density at radius 1 is 1.16 bits per heavy atom. The number of carbonyl (C=O) groups excluding carboxylic acids is 1. The highest BCUT2D eigenvalue weighted by atomic mass is 16.5. The number of fused-ring (bicyclic) bond motifs is 1. The van der Waals surface area contributed by atoms with E-state index in [1.54, 1.807) is 0 Å². The summed E-state index contributed by atoms with van der Waals surface area (Å²) in [4.78, 5) is 15.2. The molecule has 19 heavy (non-hydrogen) atoms. The quantitative estimate of drug-likeness (QED) is 0.731. The van der Waals surface area contributed by atoms with E-state index >= 15 is 0 Å². The molecule has 0 saturated carbocycles. The Hall–Kier alpha value is -0.410. The average molecular weight is 267 g/mol. The van der Waals surface area contributed by atoms with Gasteiger partial charge in [-0.3, -0.25) is 9.69 Å². The fourth-order valence-corrected chi connectivity index (χ4v) is 3.38. The van der Waals surface area contributed by atoms with Crippen molar-refractivity contribution in [2.24, 2.45) is 11.3 Å². The van der Waals surface area contributed by atoms with Gasteiger partial charge in [-0.15, -0.1) is 0 Å². The summed E-state index contributed by atoms with van der Waals surface area (Å²) >= 11 is 0. The predicted molar refractivity (Wildman–Crippen MR) is 77.2 cm³/mol. The van der Waals surface area contributed by atoms with Crippen molar-refractivity contribution in [2.75, 3.05) is 13.2 Å². The number of hydrogen-bond acceptors (Lipinski definition) is 3. The normalized spacial score (nSPS) is 33.3. The van der Waals surface area contributed by atoms with Gasteiger partial charge in [0.25, 0.3) is 0 Å². The molecule has 3 atom stereocenters. The summed E-state index contributed by atoms with van der Waals surface area (Å²) in [5.74, 6) is 0.862. The molecule has 2 heterocycles. The Morgan fingerprint density at radius 3 is 2.32 bits per heavy atom. The van der Waals surface area contributed by atoms with E-state index in [9.17, 15) is 4.79 Å². The van der Waals surface area contributed by atoms with Gasteiger partial charge < -0.3 is 4.74 Å². The number of ketones is 1. The second kappa shape index (κ2) is 4.85. The first kappa shape index (κ1) is 15.0. The van der Waals surface area contributed by atoms with Crippen LogP contribution in [-0.2, 0) is 9.53 Å². The zero-order valence-corrected chi connectivity index (χ0v) is 13.3. The molecular weight excluding hydrogens is 238 g/mol. The van der Waals surface area contributed by atoms with E-state index in [0.717, 1.165) is 19.6 Å². The summed E-state index contributed by atoms with van der Waals surface area (Å²) in [6, 6.07) is -0.0645. The van der Waals surface area contributed by atoms with Gasteiger partial charge >= 0.3 is 0 Å². The highest BCUT2D eigenvalue weighted by Crippen LogP contribution is 2.39. The molecule has 2 aliphatic rings. The molecule has 2 rings (SSSR count). The maximum Gasteiger partial charge on any atom is 0.157 e. The molecule has 2 aliphatic heterocycles. The number of rotatable bonds is 1. The molecule has 0 radical (unpaired) electrons. The Labute approximate surface area is 117 Å². The van der Waals surface area contributed by atoms with Gasteiger partial charge in [-0.25, -0.2) is 0 Å². The van der Waals surface area contributed by atoms with Crippen LogP contribution < -0.4 is 0 Å². The summed E-state index contributed by atoms with van der Waals surface area (Å²) in [6.45, 7) is 14.5. The number of ether oxygens (including phenoxy) is 1. The molecule has 0 amide bonds. The zero-order chi connectivity index (χ0) is 14.4. The molecule has 0 spiro atoms. The highest BCUT2D eigenvalue weighted by molar-refractivity contribution is 5.89. The highest BCUT2D eigenvalue weighted by Gasteiger charge is 2.52. The standard InChI is InChI=1S/C16H29NO2/c1-15(2,3)14(18)12-13-11(8-7-9-19-13)10-17(12)16(4,5)6/h11-13H,7-10H2,1-6H3. The number of likely N-dealkylation sites (tertiary alicyclic amines) is 1. The van der Waals surface area contributed by atoms with Crippen LogP contribution in [0.1, 0.15) is 54.4 Å². The zero-order valence-electron chi connectivity index (χ0n) is 13.3. The maximum atomic E-state index is 12.9. The summed E-state index contributed by atoms with van der Waals surface area (Å²) < 4.78 is 5.99. The van der Waals surface area contributed by atoms with Gasteiger partial charge in [0.2, 0.25) is 0 Å². The Morgan fingerprint density at radius 2 is 1.79 bits per heavy atom. The summed E-state index contributed by atoms with van der Waals surface area (Å²) in [5.41, 5.74) is -0.282. The van der Waals surface area contributed by atoms with Gasteiger partial charge in [0.05, 0.1) is 12.1 Å². The lowest BCUT2D eigenvalue weighted by molar-refractivity contribution is -0.138. The first-order chi connectivity index (χ1) is 8.62. The van der Waals surface area contributed by atoms with Crippen LogP contribution in [0.3, 0.4) is 0 Å². The largest absolute Gasteiger partial charge is 0.376 e. The van der Waals surface area contributed by atoms with Crippen LogP contribution >= 0.6 is 0 Å². The van der Waals surface area contributed by atoms with Crippen LogP contribution in [0.15, 0.2) is 0 Å². The van der Waals surface area contributed by atoms with Crippen LogP contribution in [0.5, 0.6) is 0 Å². The third-order valence-electron chi connectivity index (χ3n) is 4.44. The molecular formula is C16H29NO2. The molecule has 2 fully saturated rings. The minimum absolute atomic E-state index is 0.0201. The minimum Gasteiger partial charge on any atom is -0.376 e. The fraction of sp³-hybridized carbons (Fsp3) is 0.938. The van der Waals surface area contributed by atoms with E-state index in [1.165, 1.54) is 6.42 Å². The monoisotopic (exact) mass is 267 g/mol. The van der Waals surface area contributed by atoms with Gasteiger partial charge in [-0.2, -0.15) is 0 Å². The minimum atomic E-state index is -0.302. The molecule has 0 aromatic rings. The van der Waals surface area contributed by atoms with E-state index in [0.29, 0.717) is 11.7 Å². The number of carbonyl (C=O) groups is 1. The third-order valence-corrected chi connectivity index (χ3v) is 4.44. The van der Waals surface area contributed by atoms with Gasteiger partial charge in [0.15, 0.2) is 5.78 Å². The Bertz CT molecular complexity index is 351. The molecule has 3 unspecified atom stereocenters. The van der Waals surface area contributed by atoms with Crippen LogP contribution in [0.2, 0.25) is 0 Å². The molecule has 2 saturated heterocycles. The van der Waals surface area contributed by atoms with Crippen LogP contribution in [0.4, 0.5) is 0 Å². The van der Waals surface area contributed by atoms with Crippen molar-refractivity contribution >= 4 is 5.78 Å². The molecule has 0 bridgehead atoms. The first-order valence-corrected chi connectivity index (χ1v) is 7.55. The molecule has 0 aliphatic carbocycles. The predicted octanol–water partition coefficient (Wildman–Crippen LogP) is 2.88. The average Bonchev–Trinajstić information content (AvgIpc) is 2.65. The van der Waals surface area contributed by atoms with Gasteiger partial charge in [0.1, 0.15) is 0 Å². The SMILES string of the molecule is CC(C)(C)C(=O)C1C2OCCCC2CN1C(C)(C)C. The molecule has 0 N–H and O–H groups in total. The number of nitrogens with zero attached hydrogens (tertiary/aromatic N) is 1. The van der Waals surface area contributed by atoms with Crippen molar-refractivity contribution in [3.63, 3.8) is 0 Å². The van der Waals surface area contributed by atoms with Gasteiger partial charge in [-0.05, 0) is 39.5 Å². The Kier molecular flexibility index (Phi) is 3.83. The molecule has 110 valence electrons. The van der Waals surface area contributed by atoms with Crippen LogP contribution in [0.25, 0.3) is 0 Å². The van der Waals surface area contributed by atoms with Crippen LogP contribution in [0, 0.1) is 11.3 Å². The molecule has 0 aromatic heterocycles. The summed E-state index contributed by atoms with van der Waals surface area (Å²) in [7, 11) is 0. The van der Waals surface area contributed by atoms with E-state index < -0.39 is 0 Å². The van der Waals surface area contributed by atoms with Crippen molar-refractivity contribution < 1.29 is 9.53 Å². The summed E-state index contributed by atoms with van der Waals surface area (Å²) in [5, 5.41) is 0. The van der Waals surface area contributed by atoms with E-state index in [4.69, 9.17) is 4.74 Å². The lowest BCUT2D eigenvalue weighted by atomic mass is 9.82. The Balaban J connectivity index is 2.31. The van der Waals surface area contributed by atoms with Crippen molar-refractivity contribution in [2.45, 2.75) is 72.1 Å². The van der Waals surface area contributed by atoms with Gasteiger partial charge in [-0.1, -0.05) is 20.8 Å². The van der Waals surface area contributed by atoms with Crippen molar-refractivity contribution in [3.05, 3.63) is 0 Å². The van der Waals surface area contributed by atoms with Crippen LogP contribution in [-0.4, -0.2) is 41.5 Å². The molecule has 3 heteroatoms. The second-order valence-corrected chi connectivity index (χ2v) is 8.12. The lowest BCUT2D eigenvalue weighted by Crippen LogP contribution is -2.54. The number of hydrogen-bond donors (Lipinski definition) is 0. The third kappa shape index (κ3) is 2.87. The maximum absolute atomic E-state index is 12.9. The topological polar surface area (TPSA) is 29.5 Å². The van der Waals surface area contributed by atoms with Crippen molar-refractivity contribution in [1.29, 1.82) is 0 Å². The van der Waals surface area contributed by atoms with E-state index in [2.05, 4.69) is 25.7 Å². The van der Waals surface area contributed by atoms with Crippen molar-refractivity contribution in [3.8, 4) is 0 Å². The summed E-state index contributed by atoms with van der Waals surface area (Å²) in [6.07, 6.45) is 2.44. The van der Waals surface area contributed by atoms with Gasteiger partial charge in [0, 0.05) is 24.1 Å². The van der Waals surface area contributed by atoms with Crippen molar-refractivity contribution in [1.82, 2.24) is 4.90 Å². The lowest BCUT2D eigenvalue weighted by Gasteiger charge is -2.39.